The van der Waals surface area contributed by atoms with Crippen LogP contribution in [-0.4, -0.2) is 11.5 Å². The first kappa shape index (κ1) is 13.8. The van der Waals surface area contributed by atoms with E-state index in [0.717, 1.165) is 21.7 Å². The molecule has 0 aliphatic rings. The highest BCUT2D eigenvalue weighted by atomic mass is 79.9. The second-order valence-electron chi connectivity index (χ2n) is 5.63. The second kappa shape index (κ2) is 5.17. The average molecular weight is 327 g/mol. The van der Waals surface area contributed by atoms with Crippen molar-refractivity contribution in [2.75, 3.05) is 11.9 Å². The number of aromatic nitrogens is 1. The van der Waals surface area contributed by atoms with Crippen molar-refractivity contribution in [1.29, 1.82) is 0 Å². The monoisotopic (exact) mass is 326 g/mol. The lowest BCUT2D eigenvalue weighted by atomic mass is 9.81. The number of anilines is 1. The van der Waals surface area contributed by atoms with Gasteiger partial charge in [-0.05, 0) is 29.5 Å². The van der Waals surface area contributed by atoms with E-state index < -0.39 is 0 Å². The fourth-order valence-corrected chi connectivity index (χ4v) is 2.67. The number of fused-ring (bicyclic) bond motifs is 1. The highest BCUT2D eigenvalue weighted by Crippen LogP contribution is 2.30. The Morgan fingerprint density at radius 1 is 1.39 bits per heavy atom. The Morgan fingerprint density at radius 2 is 2.11 bits per heavy atom. The predicted molar refractivity (Wildman–Crippen MR) is 84.4 cm³/mol. The van der Waals surface area contributed by atoms with Crippen LogP contribution in [0.15, 0.2) is 22.7 Å². The molecule has 4 heteroatoms. The number of halogens is 1. The van der Waals surface area contributed by atoms with Crippen molar-refractivity contribution >= 4 is 42.6 Å². The fraction of sp³-hybridized carbons (Fsp3) is 0.500. The zero-order valence-corrected chi connectivity index (χ0v) is 13.7. The van der Waals surface area contributed by atoms with Gasteiger partial charge in [0.15, 0.2) is 5.13 Å². The summed E-state index contributed by atoms with van der Waals surface area (Å²) in [4.78, 5) is 4.61. The van der Waals surface area contributed by atoms with Gasteiger partial charge in [0.25, 0.3) is 0 Å². The topological polar surface area (TPSA) is 24.9 Å². The third-order valence-corrected chi connectivity index (χ3v) is 5.10. The van der Waals surface area contributed by atoms with Gasteiger partial charge in [-0.25, -0.2) is 4.98 Å². The van der Waals surface area contributed by atoms with Crippen molar-refractivity contribution in [3.8, 4) is 0 Å². The number of nitrogens with zero attached hydrogens (tertiary/aromatic N) is 1. The molecule has 0 spiro atoms. The molecule has 0 radical (unpaired) electrons. The largest absolute Gasteiger partial charge is 0.361 e. The van der Waals surface area contributed by atoms with Crippen LogP contribution < -0.4 is 5.32 Å². The van der Waals surface area contributed by atoms with E-state index in [-0.39, 0.29) is 5.41 Å². The van der Waals surface area contributed by atoms with Crippen LogP contribution in [-0.2, 0) is 0 Å². The molecule has 1 aromatic heterocycles. The summed E-state index contributed by atoms with van der Waals surface area (Å²) in [6, 6.07) is 6.23. The van der Waals surface area contributed by atoms with E-state index in [1.807, 2.05) is 0 Å². The van der Waals surface area contributed by atoms with E-state index in [1.54, 1.807) is 11.3 Å². The van der Waals surface area contributed by atoms with E-state index in [0.29, 0.717) is 5.92 Å². The zero-order chi connectivity index (χ0) is 13.3. The Hall–Kier alpha value is -0.610. The van der Waals surface area contributed by atoms with Crippen molar-refractivity contribution in [3.05, 3.63) is 22.7 Å². The molecular formula is C14H19BrN2S. The number of hydrogen-bond acceptors (Lipinski definition) is 3. The Bertz CT molecular complexity index is 546. The maximum atomic E-state index is 4.61. The maximum absolute atomic E-state index is 4.61. The first-order valence-electron chi connectivity index (χ1n) is 6.18. The molecule has 0 amide bonds. The van der Waals surface area contributed by atoms with Crippen LogP contribution >= 0.6 is 27.3 Å². The lowest BCUT2D eigenvalue weighted by Crippen LogP contribution is -2.28. The van der Waals surface area contributed by atoms with Gasteiger partial charge in [0.1, 0.15) is 0 Å². The minimum Gasteiger partial charge on any atom is -0.361 e. The van der Waals surface area contributed by atoms with Crippen molar-refractivity contribution in [3.63, 3.8) is 0 Å². The molecule has 1 aromatic carbocycles. The van der Waals surface area contributed by atoms with Crippen molar-refractivity contribution in [2.45, 2.75) is 27.7 Å². The van der Waals surface area contributed by atoms with Gasteiger partial charge in [-0.3, -0.25) is 0 Å². The van der Waals surface area contributed by atoms with Gasteiger partial charge in [-0.2, -0.15) is 0 Å². The minimum absolute atomic E-state index is 0.276. The van der Waals surface area contributed by atoms with Gasteiger partial charge in [-0.15, -0.1) is 0 Å². The summed E-state index contributed by atoms with van der Waals surface area (Å²) in [7, 11) is 0. The normalized spacial score (nSPS) is 12.3. The molecule has 18 heavy (non-hydrogen) atoms. The number of nitrogens with one attached hydrogen (secondary N) is 1. The summed E-state index contributed by atoms with van der Waals surface area (Å²) in [5, 5.41) is 4.48. The van der Waals surface area contributed by atoms with Crippen molar-refractivity contribution < 1.29 is 0 Å². The van der Waals surface area contributed by atoms with E-state index in [2.05, 4.69) is 72.1 Å². The molecule has 0 bridgehead atoms. The number of hydrogen-bond donors (Lipinski definition) is 1. The van der Waals surface area contributed by atoms with Crippen LogP contribution in [0.25, 0.3) is 10.2 Å². The van der Waals surface area contributed by atoms with Gasteiger partial charge in [0.2, 0.25) is 0 Å². The number of benzene rings is 1. The fourth-order valence-electron chi connectivity index (χ4n) is 1.48. The minimum atomic E-state index is 0.276. The SMILES string of the molecule is CC(C)C(C)(C)CNc1nc2cc(Br)ccc2s1. The molecule has 0 aliphatic heterocycles. The van der Waals surface area contributed by atoms with Crippen molar-refractivity contribution in [2.24, 2.45) is 11.3 Å². The smallest absolute Gasteiger partial charge is 0.183 e. The molecule has 1 heterocycles. The molecular weight excluding hydrogens is 308 g/mol. The van der Waals surface area contributed by atoms with Crippen LogP contribution in [0.5, 0.6) is 0 Å². The van der Waals surface area contributed by atoms with E-state index in [1.165, 1.54) is 4.70 Å². The molecule has 2 rings (SSSR count). The Kier molecular flexibility index (Phi) is 3.97. The highest BCUT2D eigenvalue weighted by Gasteiger charge is 2.22. The standard InChI is InChI=1S/C14H19BrN2S/c1-9(2)14(3,4)8-16-13-17-11-7-10(15)5-6-12(11)18-13/h5-7,9H,8H2,1-4H3,(H,16,17). The summed E-state index contributed by atoms with van der Waals surface area (Å²) in [6.45, 7) is 10.0. The van der Waals surface area contributed by atoms with E-state index >= 15 is 0 Å². The first-order valence-corrected chi connectivity index (χ1v) is 7.79. The number of thiazole rings is 1. The van der Waals surface area contributed by atoms with Crippen LogP contribution in [0.4, 0.5) is 5.13 Å². The van der Waals surface area contributed by atoms with Gasteiger partial charge in [0.05, 0.1) is 10.2 Å². The summed E-state index contributed by atoms with van der Waals surface area (Å²) in [5.41, 5.74) is 1.33. The highest BCUT2D eigenvalue weighted by molar-refractivity contribution is 9.10. The van der Waals surface area contributed by atoms with Gasteiger partial charge < -0.3 is 5.32 Å². The summed E-state index contributed by atoms with van der Waals surface area (Å²) >= 11 is 5.19. The quantitative estimate of drug-likeness (QED) is 0.840. The lowest BCUT2D eigenvalue weighted by molar-refractivity contribution is 0.269. The zero-order valence-electron chi connectivity index (χ0n) is 11.2. The van der Waals surface area contributed by atoms with Crippen LogP contribution in [0.2, 0.25) is 0 Å². The molecule has 1 N–H and O–H groups in total. The first-order chi connectivity index (χ1) is 8.38. The summed E-state index contributed by atoms with van der Waals surface area (Å²) < 4.78 is 2.30. The molecule has 98 valence electrons. The van der Waals surface area contributed by atoms with Crippen LogP contribution in [0.3, 0.4) is 0 Å². The summed E-state index contributed by atoms with van der Waals surface area (Å²) in [6.07, 6.45) is 0. The Labute approximate surface area is 121 Å². The molecule has 0 saturated heterocycles. The molecule has 0 atom stereocenters. The van der Waals surface area contributed by atoms with E-state index in [4.69, 9.17) is 0 Å². The lowest BCUT2D eigenvalue weighted by Gasteiger charge is -2.29. The molecule has 2 aromatic rings. The predicted octanol–water partition coefficient (Wildman–Crippen LogP) is 5.15. The van der Waals surface area contributed by atoms with Gasteiger partial charge in [-0.1, -0.05) is 55.0 Å². The molecule has 2 nitrogen and oxygen atoms in total. The van der Waals surface area contributed by atoms with E-state index in [9.17, 15) is 0 Å². The second-order valence-corrected chi connectivity index (χ2v) is 7.57. The molecule has 0 aliphatic carbocycles. The third-order valence-electron chi connectivity index (χ3n) is 3.61. The Morgan fingerprint density at radius 3 is 2.78 bits per heavy atom. The van der Waals surface area contributed by atoms with Gasteiger partial charge in [0, 0.05) is 11.0 Å². The molecule has 0 unspecified atom stereocenters. The number of rotatable bonds is 4. The van der Waals surface area contributed by atoms with Crippen LogP contribution in [0.1, 0.15) is 27.7 Å². The Balaban J connectivity index is 2.13. The summed E-state index contributed by atoms with van der Waals surface area (Å²) in [5.74, 6) is 0.647. The molecule has 0 fully saturated rings. The van der Waals surface area contributed by atoms with Crippen molar-refractivity contribution in [1.82, 2.24) is 4.98 Å². The maximum Gasteiger partial charge on any atom is 0.183 e. The third kappa shape index (κ3) is 3.04. The average Bonchev–Trinajstić information content (AvgIpc) is 2.68. The van der Waals surface area contributed by atoms with Gasteiger partial charge >= 0.3 is 0 Å². The van der Waals surface area contributed by atoms with Crippen LogP contribution in [0, 0.1) is 11.3 Å². The molecule has 0 saturated carbocycles.